The fraction of sp³-hybridized carbons (Fsp3) is 0.182. The molecule has 0 aromatic heterocycles. The smallest absolute Gasteiger partial charge is 0.325 e. The van der Waals surface area contributed by atoms with Crippen molar-refractivity contribution < 1.29 is 19.1 Å². The molecule has 0 radical (unpaired) electrons. The summed E-state index contributed by atoms with van der Waals surface area (Å²) in [6.45, 7) is -0.289. The predicted octanol–water partition coefficient (Wildman–Crippen LogP) is 4.77. The van der Waals surface area contributed by atoms with Gasteiger partial charge in [0.05, 0.1) is 12.5 Å². The van der Waals surface area contributed by atoms with Crippen LogP contribution in [-0.4, -0.2) is 49.4 Å². The van der Waals surface area contributed by atoms with Crippen LogP contribution in [0.15, 0.2) is 121 Å². The second-order valence-electron chi connectivity index (χ2n) is 9.28. The summed E-state index contributed by atoms with van der Waals surface area (Å²) in [5, 5.41) is 2.74. The van der Waals surface area contributed by atoms with Crippen LogP contribution in [-0.2, 0) is 19.1 Å². The van der Waals surface area contributed by atoms with Gasteiger partial charge < -0.3 is 15.0 Å². The summed E-state index contributed by atoms with van der Waals surface area (Å²) in [5.74, 6) is -1.86. The summed E-state index contributed by atoms with van der Waals surface area (Å²) in [7, 11) is 1.52. The van der Waals surface area contributed by atoms with Crippen LogP contribution >= 0.6 is 0 Å². The topological polar surface area (TPSA) is 75.7 Å². The van der Waals surface area contributed by atoms with Crippen molar-refractivity contribution in [2.45, 2.75) is 11.8 Å². The summed E-state index contributed by atoms with van der Waals surface area (Å²) >= 11 is 0. The average molecular weight is 521 g/mol. The lowest BCUT2D eigenvalue weighted by molar-refractivity contribution is -0.148. The molecule has 0 bridgehead atoms. The van der Waals surface area contributed by atoms with Gasteiger partial charge in [-0.05, 0) is 22.3 Å². The summed E-state index contributed by atoms with van der Waals surface area (Å²) in [6, 6.07) is 38.6. The molecular weight excluding hydrogens is 488 g/mol. The molecule has 2 amide bonds. The zero-order chi connectivity index (χ0) is 27.5. The van der Waals surface area contributed by atoms with Crippen LogP contribution in [0, 0.1) is 0 Å². The number of ether oxygens (including phenoxy) is 1. The van der Waals surface area contributed by atoms with Gasteiger partial charge in [-0.3, -0.25) is 14.4 Å². The Labute approximate surface area is 229 Å². The Kier molecular flexibility index (Phi) is 9.62. The minimum atomic E-state index is -0.552. The molecule has 198 valence electrons. The molecule has 0 aliphatic carbocycles. The number of esters is 1. The average Bonchev–Trinajstić information content (AvgIpc) is 2.98. The number of nitrogens with zero attached hydrogens (tertiary/aromatic N) is 1. The van der Waals surface area contributed by atoms with E-state index in [1.165, 1.54) is 11.9 Å². The molecule has 0 saturated carbocycles. The molecule has 0 aliphatic rings. The number of hydrogen-bond acceptors (Lipinski definition) is 4. The molecule has 0 aliphatic heterocycles. The van der Waals surface area contributed by atoms with E-state index < -0.39 is 11.9 Å². The molecule has 4 rings (SSSR count). The van der Waals surface area contributed by atoms with Crippen molar-refractivity contribution in [2.24, 2.45) is 0 Å². The van der Waals surface area contributed by atoms with Gasteiger partial charge in [0.1, 0.15) is 13.2 Å². The fourth-order valence-corrected chi connectivity index (χ4v) is 4.45. The number of hydrogen-bond donors (Lipinski definition) is 1. The minimum absolute atomic E-state index is 0.121. The van der Waals surface area contributed by atoms with Crippen LogP contribution < -0.4 is 5.32 Å². The molecule has 0 saturated heterocycles. The summed E-state index contributed by atoms with van der Waals surface area (Å²) in [5.41, 5.74) is 3.74. The van der Waals surface area contributed by atoms with Crippen molar-refractivity contribution in [1.29, 1.82) is 0 Å². The summed E-state index contributed by atoms with van der Waals surface area (Å²) in [6.07, 6.45) is 0. The standard InChI is InChI=1S/C33H32N2O4/c1-35(23-31(37)39-24-29(25-14-6-2-7-15-25)26-16-8-3-9-17-26)30(36)22-34-33(38)32(27-18-10-4-11-19-27)28-20-12-5-13-21-28/h2-21,29,32H,22-24H2,1H3,(H,34,38). The minimum Gasteiger partial charge on any atom is -0.463 e. The highest BCUT2D eigenvalue weighted by molar-refractivity contribution is 5.91. The fourth-order valence-electron chi connectivity index (χ4n) is 4.45. The van der Waals surface area contributed by atoms with Crippen molar-refractivity contribution >= 4 is 17.8 Å². The van der Waals surface area contributed by atoms with Gasteiger partial charge in [0, 0.05) is 13.0 Å². The van der Waals surface area contributed by atoms with Crippen LogP contribution in [0.3, 0.4) is 0 Å². The summed E-state index contributed by atoms with van der Waals surface area (Å²) < 4.78 is 5.59. The van der Waals surface area contributed by atoms with Gasteiger partial charge in [0.25, 0.3) is 0 Å². The first-order valence-corrected chi connectivity index (χ1v) is 12.9. The highest BCUT2D eigenvalue weighted by Crippen LogP contribution is 2.26. The Balaban J connectivity index is 1.32. The lowest BCUT2D eigenvalue weighted by Gasteiger charge is -2.21. The van der Waals surface area contributed by atoms with E-state index in [1.54, 1.807) is 0 Å². The van der Waals surface area contributed by atoms with Crippen molar-refractivity contribution in [2.75, 3.05) is 26.7 Å². The number of likely N-dealkylation sites (N-methyl/N-ethyl adjacent to an activating group) is 1. The van der Waals surface area contributed by atoms with E-state index >= 15 is 0 Å². The quantitative estimate of drug-likeness (QED) is 0.289. The zero-order valence-corrected chi connectivity index (χ0v) is 21.9. The van der Waals surface area contributed by atoms with Gasteiger partial charge in [0.2, 0.25) is 11.8 Å². The molecule has 6 nitrogen and oxygen atoms in total. The molecule has 0 atom stereocenters. The molecule has 4 aromatic rings. The van der Waals surface area contributed by atoms with E-state index in [-0.39, 0.29) is 37.4 Å². The maximum Gasteiger partial charge on any atom is 0.325 e. The second-order valence-corrected chi connectivity index (χ2v) is 9.28. The molecule has 6 heteroatoms. The van der Waals surface area contributed by atoms with Crippen LogP contribution in [0.25, 0.3) is 0 Å². The third kappa shape index (κ3) is 7.65. The molecule has 39 heavy (non-hydrogen) atoms. The van der Waals surface area contributed by atoms with Gasteiger partial charge in [0.15, 0.2) is 0 Å². The third-order valence-electron chi connectivity index (χ3n) is 6.55. The van der Waals surface area contributed by atoms with Crippen LogP contribution in [0.2, 0.25) is 0 Å². The number of benzene rings is 4. The monoisotopic (exact) mass is 520 g/mol. The highest BCUT2D eigenvalue weighted by atomic mass is 16.5. The van der Waals surface area contributed by atoms with Crippen molar-refractivity contribution in [3.63, 3.8) is 0 Å². The lowest BCUT2D eigenvalue weighted by Crippen LogP contribution is -2.42. The van der Waals surface area contributed by atoms with Gasteiger partial charge in [-0.2, -0.15) is 0 Å². The Hall–Kier alpha value is -4.71. The second kappa shape index (κ2) is 13.7. The van der Waals surface area contributed by atoms with E-state index in [4.69, 9.17) is 4.74 Å². The lowest BCUT2D eigenvalue weighted by atomic mass is 9.90. The molecular formula is C33H32N2O4. The van der Waals surface area contributed by atoms with Gasteiger partial charge >= 0.3 is 5.97 Å². The molecule has 0 fully saturated rings. The van der Waals surface area contributed by atoms with Gasteiger partial charge in [-0.1, -0.05) is 121 Å². The van der Waals surface area contributed by atoms with E-state index in [9.17, 15) is 14.4 Å². The molecule has 0 unspecified atom stereocenters. The highest BCUT2D eigenvalue weighted by Gasteiger charge is 2.24. The Morgan fingerprint density at radius 2 is 1.08 bits per heavy atom. The first-order valence-electron chi connectivity index (χ1n) is 12.9. The van der Waals surface area contributed by atoms with Gasteiger partial charge in [-0.15, -0.1) is 0 Å². The third-order valence-corrected chi connectivity index (χ3v) is 6.55. The Morgan fingerprint density at radius 3 is 1.51 bits per heavy atom. The zero-order valence-electron chi connectivity index (χ0n) is 21.9. The van der Waals surface area contributed by atoms with Crippen LogP contribution in [0.1, 0.15) is 34.1 Å². The number of rotatable bonds is 11. The van der Waals surface area contributed by atoms with Crippen molar-refractivity contribution in [3.05, 3.63) is 144 Å². The van der Waals surface area contributed by atoms with Gasteiger partial charge in [-0.25, -0.2) is 0 Å². The molecule has 1 N–H and O–H groups in total. The molecule has 4 aromatic carbocycles. The van der Waals surface area contributed by atoms with Crippen LogP contribution in [0.5, 0.6) is 0 Å². The summed E-state index contributed by atoms with van der Waals surface area (Å²) in [4.78, 5) is 39.8. The number of carbonyl (C=O) groups excluding carboxylic acids is 3. The first-order chi connectivity index (χ1) is 19.0. The number of carbonyl (C=O) groups is 3. The molecule has 0 heterocycles. The number of nitrogens with one attached hydrogen (secondary N) is 1. The Bertz CT molecular complexity index is 1270. The molecule has 0 spiro atoms. The SMILES string of the molecule is CN(CC(=O)OCC(c1ccccc1)c1ccccc1)C(=O)CNC(=O)C(c1ccccc1)c1ccccc1. The van der Waals surface area contributed by atoms with E-state index in [2.05, 4.69) is 5.32 Å². The van der Waals surface area contributed by atoms with Crippen LogP contribution in [0.4, 0.5) is 0 Å². The van der Waals surface area contributed by atoms with E-state index in [0.717, 1.165) is 22.3 Å². The van der Waals surface area contributed by atoms with Crippen molar-refractivity contribution in [1.82, 2.24) is 10.2 Å². The largest absolute Gasteiger partial charge is 0.463 e. The number of amides is 2. The van der Waals surface area contributed by atoms with E-state index in [0.29, 0.717) is 0 Å². The Morgan fingerprint density at radius 1 is 0.667 bits per heavy atom. The predicted molar refractivity (Wildman–Crippen MR) is 151 cm³/mol. The normalized spacial score (nSPS) is 10.7. The maximum atomic E-state index is 13.2. The van der Waals surface area contributed by atoms with E-state index in [1.807, 2.05) is 121 Å². The maximum absolute atomic E-state index is 13.2. The van der Waals surface area contributed by atoms with Crippen molar-refractivity contribution in [3.8, 4) is 0 Å². The first kappa shape index (κ1) is 27.3.